The Bertz CT molecular complexity index is 394. The van der Waals surface area contributed by atoms with Gasteiger partial charge in [-0.25, -0.2) is 9.86 Å². The molecule has 1 rings (SSSR count). The van der Waals surface area contributed by atoms with E-state index in [4.69, 9.17) is 9.66 Å². The van der Waals surface area contributed by atoms with Crippen LogP contribution in [0.15, 0.2) is 24.3 Å². The Labute approximate surface area is 88.5 Å². The van der Waals surface area contributed by atoms with E-state index >= 15 is 0 Å². The summed E-state index contributed by atoms with van der Waals surface area (Å²) in [5.41, 5.74) is 0.192. The summed E-state index contributed by atoms with van der Waals surface area (Å²) in [6, 6.07) is 5.99. The van der Waals surface area contributed by atoms with Crippen molar-refractivity contribution in [2.45, 2.75) is 0 Å². The van der Waals surface area contributed by atoms with Gasteiger partial charge < -0.3 is 5.11 Å². The normalized spacial score (nSPS) is 12.1. The second-order valence-electron chi connectivity index (χ2n) is 2.61. The Morgan fingerprint density at radius 2 is 2.07 bits per heavy atom. The first kappa shape index (κ1) is 11.6. The maximum Gasteiger partial charge on any atom is 0.337 e. The van der Waals surface area contributed by atoms with E-state index in [0.717, 1.165) is 5.06 Å². The van der Waals surface area contributed by atoms with Gasteiger partial charge in [-0.1, -0.05) is 12.1 Å². The first-order valence-electron chi connectivity index (χ1n) is 3.87. The Morgan fingerprint density at radius 3 is 2.60 bits per heavy atom. The largest absolute Gasteiger partial charge is 0.478 e. The summed E-state index contributed by atoms with van der Waals surface area (Å²) in [7, 11) is 1.34. The molecule has 1 aromatic rings. The summed E-state index contributed by atoms with van der Waals surface area (Å²) >= 11 is -2.48. The minimum Gasteiger partial charge on any atom is -0.478 e. The molecule has 1 atom stereocenters. The molecular weight excluding hydrogens is 222 g/mol. The lowest BCUT2D eigenvalue weighted by Crippen LogP contribution is -2.21. The molecule has 6 nitrogen and oxygen atoms in total. The molecule has 1 aromatic carbocycles. The van der Waals surface area contributed by atoms with Crippen LogP contribution < -0.4 is 5.06 Å². The highest BCUT2D eigenvalue weighted by Gasteiger charge is 2.14. The van der Waals surface area contributed by atoms with E-state index in [1.807, 2.05) is 0 Å². The first-order chi connectivity index (χ1) is 7.02. The number of benzene rings is 1. The Kier molecular flexibility index (Phi) is 3.78. The molecule has 0 spiro atoms. The molecule has 82 valence electrons. The van der Waals surface area contributed by atoms with Crippen molar-refractivity contribution in [2.24, 2.45) is 0 Å². The molecule has 0 saturated heterocycles. The van der Waals surface area contributed by atoms with E-state index in [9.17, 15) is 9.00 Å². The standard InChI is InChI=1S/C8H9NO5S/c1-9(14-15(12)13)7-5-3-2-4-6(7)8(10)11/h2-5H,1H3,(H,10,11)(H,12,13). The van der Waals surface area contributed by atoms with Crippen LogP contribution in [0.5, 0.6) is 0 Å². The van der Waals surface area contributed by atoms with E-state index in [2.05, 4.69) is 4.28 Å². The van der Waals surface area contributed by atoms with Crippen molar-refractivity contribution in [3.8, 4) is 0 Å². The van der Waals surface area contributed by atoms with Crippen molar-refractivity contribution in [3.63, 3.8) is 0 Å². The molecule has 0 heterocycles. The maximum absolute atomic E-state index is 10.8. The summed E-state index contributed by atoms with van der Waals surface area (Å²) in [5.74, 6) is -1.13. The zero-order valence-electron chi connectivity index (χ0n) is 7.78. The molecule has 1 unspecified atom stereocenters. The van der Waals surface area contributed by atoms with Crippen LogP contribution >= 0.6 is 0 Å². The summed E-state index contributed by atoms with van der Waals surface area (Å²) in [6.07, 6.45) is 0. The third-order valence-corrected chi connectivity index (χ3v) is 2.00. The summed E-state index contributed by atoms with van der Waals surface area (Å²) in [6.45, 7) is 0. The Balaban J connectivity index is 3.02. The summed E-state index contributed by atoms with van der Waals surface area (Å²) in [4.78, 5) is 10.8. The van der Waals surface area contributed by atoms with Gasteiger partial charge in [0.1, 0.15) is 0 Å². The second kappa shape index (κ2) is 4.87. The molecule has 7 heteroatoms. The van der Waals surface area contributed by atoms with Crippen molar-refractivity contribution in [1.29, 1.82) is 0 Å². The van der Waals surface area contributed by atoms with Gasteiger partial charge in [-0.3, -0.25) is 4.55 Å². The fraction of sp³-hybridized carbons (Fsp3) is 0.125. The smallest absolute Gasteiger partial charge is 0.337 e. The van der Waals surface area contributed by atoms with Crippen LogP contribution in [-0.4, -0.2) is 26.9 Å². The number of carboxylic acid groups (broad SMARTS) is 1. The number of rotatable bonds is 4. The SMILES string of the molecule is CN(OS(=O)O)c1ccccc1C(=O)O. The third kappa shape index (κ3) is 3.01. The molecule has 15 heavy (non-hydrogen) atoms. The quantitative estimate of drug-likeness (QED) is 0.591. The van der Waals surface area contributed by atoms with Crippen molar-refractivity contribution < 1.29 is 22.9 Å². The summed E-state index contributed by atoms with van der Waals surface area (Å²) < 4.78 is 23.3. The predicted molar refractivity (Wildman–Crippen MR) is 53.7 cm³/mol. The molecule has 0 amide bonds. The molecule has 0 aliphatic rings. The molecule has 2 N–H and O–H groups in total. The van der Waals surface area contributed by atoms with Crippen LogP contribution in [0.4, 0.5) is 5.69 Å². The number of carbonyl (C=O) groups is 1. The molecule has 0 aromatic heterocycles. The maximum atomic E-state index is 10.8. The average Bonchev–Trinajstić information content (AvgIpc) is 2.16. The number of anilines is 1. The van der Waals surface area contributed by atoms with E-state index in [0.29, 0.717) is 0 Å². The second-order valence-corrected chi connectivity index (χ2v) is 3.19. The first-order valence-corrected chi connectivity index (χ1v) is 4.91. The molecule has 0 saturated carbocycles. The van der Waals surface area contributed by atoms with Gasteiger partial charge >= 0.3 is 17.3 Å². The number of hydrogen-bond donors (Lipinski definition) is 2. The van der Waals surface area contributed by atoms with E-state index in [1.165, 1.54) is 19.2 Å². The molecule has 0 fully saturated rings. The fourth-order valence-corrected chi connectivity index (χ4v) is 1.34. The average molecular weight is 231 g/mol. The number of aromatic carboxylic acids is 1. The van der Waals surface area contributed by atoms with Crippen LogP contribution in [0.3, 0.4) is 0 Å². The van der Waals surface area contributed by atoms with Gasteiger partial charge in [0.15, 0.2) is 0 Å². The zero-order chi connectivity index (χ0) is 11.4. The topological polar surface area (TPSA) is 87.1 Å². The monoisotopic (exact) mass is 231 g/mol. The van der Waals surface area contributed by atoms with Crippen LogP contribution in [0, 0.1) is 0 Å². The van der Waals surface area contributed by atoms with Gasteiger partial charge in [-0.05, 0) is 12.1 Å². The lowest BCUT2D eigenvalue weighted by Gasteiger charge is -2.16. The van der Waals surface area contributed by atoms with Crippen LogP contribution in [0.1, 0.15) is 10.4 Å². The van der Waals surface area contributed by atoms with Crippen LogP contribution in [0.2, 0.25) is 0 Å². The number of carboxylic acids is 1. The lowest BCUT2D eigenvalue weighted by molar-refractivity contribution is 0.0696. The zero-order valence-corrected chi connectivity index (χ0v) is 8.60. The molecule has 0 aliphatic heterocycles. The molecule has 0 radical (unpaired) electrons. The van der Waals surface area contributed by atoms with Gasteiger partial charge in [0, 0.05) is 7.05 Å². The van der Waals surface area contributed by atoms with Gasteiger partial charge in [0.05, 0.1) is 11.3 Å². The predicted octanol–water partition coefficient (Wildman–Crippen LogP) is 0.889. The Morgan fingerprint density at radius 1 is 1.47 bits per heavy atom. The number of hydroxylamine groups is 1. The number of hydrogen-bond acceptors (Lipinski definition) is 4. The van der Waals surface area contributed by atoms with Crippen molar-refractivity contribution in [1.82, 2.24) is 0 Å². The minimum absolute atomic E-state index is 0.00884. The third-order valence-electron chi connectivity index (χ3n) is 1.65. The highest BCUT2D eigenvalue weighted by atomic mass is 32.2. The lowest BCUT2D eigenvalue weighted by atomic mass is 10.2. The fourth-order valence-electron chi connectivity index (χ4n) is 1.06. The van der Waals surface area contributed by atoms with Crippen molar-refractivity contribution in [2.75, 3.05) is 12.1 Å². The van der Waals surface area contributed by atoms with Gasteiger partial charge in [-0.2, -0.15) is 4.21 Å². The highest BCUT2D eigenvalue weighted by molar-refractivity contribution is 7.74. The molecular formula is C8H9NO5S. The van der Waals surface area contributed by atoms with Crippen LogP contribution in [-0.2, 0) is 15.6 Å². The Hall–Kier alpha value is -1.44. The van der Waals surface area contributed by atoms with Gasteiger partial charge in [-0.15, -0.1) is 4.28 Å². The van der Waals surface area contributed by atoms with Crippen molar-refractivity contribution >= 4 is 23.0 Å². The van der Waals surface area contributed by atoms with Crippen LogP contribution in [0.25, 0.3) is 0 Å². The highest BCUT2D eigenvalue weighted by Crippen LogP contribution is 2.19. The van der Waals surface area contributed by atoms with Gasteiger partial charge in [0.2, 0.25) is 0 Å². The van der Waals surface area contributed by atoms with E-state index in [1.54, 1.807) is 12.1 Å². The van der Waals surface area contributed by atoms with E-state index in [-0.39, 0.29) is 11.3 Å². The molecule has 0 bridgehead atoms. The minimum atomic E-state index is -2.48. The number of nitrogens with zero attached hydrogens (tertiary/aromatic N) is 1. The van der Waals surface area contributed by atoms with Crippen molar-refractivity contribution in [3.05, 3.63) is 29.8 Å². The molecule has 0 aliphatic carbocycles. The van der Waals surface area contributed by atoms with E-state index < -0.39 is 17.3 Å². The number of para-hydroxylation sites is 1. The van der Waals surface area contributed by atoms with Gasteiger partial charge in [0.25, 0.3) is 0 Å². The summed E-state index contributed by atoms with van der Waals surface area (Å²) in [5, 5.41) is 9.76.